The molecule has 1 saturated heterocycles. The molecule has 3 rings (SSSR count). The van der Waals surface area contributed by atoms with Gasteiger partial charge in [0, 0.05) is 31.9 Å². The zero-order chi connectivity index (χ0) is 19.9. The van der Waals surface area contributed by atoms with E-state index < -0.39 is 0 Å². The molecular formula is C22H26N4O2. The predicted molar refractivity (Wildman–Crippen MR) is 109 cm³/mol. The molecule has 1 aliphatic heterocycles. The van der Waals surface area contributed by atoms with Crippen LogP contribution < -0.4 is 10.6 Å². The van der Waals surface area contributed by atoms with Crippen molar-refractivity contribution >= 4 is 11.7 Å². The minimum Gasteiger partial charge on any atom is -0.373 e. The second-order valence-corrected chi connectivity index (χ2v) is 7.26. The molecule has 2 amide bonds. The lowest BCUT2D eigenvalue weighted by molar-refractivity contribution is -0.0704. The van der Waals surface area contributed by atoms with Crippen molar-refractivity contribution in [3.8, 4) is 6.07 Å². The maximum atomic E-state index is 12.0. The van der Waals surface area contributed by atoms with E-state index in [9.17, 15) is 4.79 Å². The van der Waals surface area contributed by atoms with Crippen LogP contribution in [0.1, 0.15) is 30.5 Å². The summed E-state index contributed by atoms with van der Waals surface area (Å²) in [6.07, 6.45) is 0.531. The molecule has 1 heterocycles. The normalized spacial score (nSPS) is 19.6. The van der Waals surface area contributed by atoms with Gasteiger partial charge in [-0.25, -0.2) is 4.79 Å². The van der Waals surface area contributed by atoms with E-state index in [1.54, 1.807) is 24.3 Å². The van der Waals surface area contributed by atoms with Crippen molar-refractivity contribution in [1.29, 1.82) is 5.26 Å². The largest absolute Gasteiger partial charge is 0.373 e. The summed E-state index contributed by atoms with van der Waals surface area (Å²) in [4.78, 5) is 14.4. The van der Waals surface area contributed by atoms with Crippen molar-refractivity contribution in [2.24, 2.45) is 0 Å². The molecule has 0 saturated carbocycles. The van der Waals surface area contributed by atoms with Gasteiger partial charge in [0.05, 0.1) is 23.8 Å². The highest BCUT2D eigenvalue weighted by Crippen LogP contribution is 2.15. The van der Waals surface area contributed by atoms with Crippen molar-refractivity contribution < 1.29 is 9.53 Å². The van der Waals surface area contributed by atoms with E-state index in [1.807, 2.05) is 12.1 Å². The van der Waals surface area contributed by atoms with Gasteiger partial charge in [-0.2, -0.15) is 5.26 Å². The lowest BCUT2D eigenvalue weighted by Gasteiger charge is -2.35. The van der Waals surface area contributed by atoms with Crippen LogP contribution in [0.5, 0.6) is 0 Å². The standard InChI is InChI=1S/C22H26N4O2/c1-16-13-26(14-17(2)28-16)15-20-5-3-19(4-6-20)12-24-22(27)25-21-9-7-18(11-23)8-10-21/h3-10,16-17H,12-15H2,1-2H3,(H2,24,25,27)/t16-,17-/m0/s1. The highest BCUT2D eigenvalue weighted by Gasteiger charge is 2.21. The van der Waals surface area contributed by atoms with Crippen molar-refractivity contribution in [3.05, 3.63) is 65.2 Å². The van der Waals surface area contributed by atoms with Gasteiger partial charge in [-0.3, -0.25) is 4.90 Å². The number of nitrogens with one attached hydrogen (secondary N) is 2. The third-order valence-corrected chi connectivity index (χ3v) is 4.65. The Labute approximate surface area is 166 Å². The van der Waals surface area contributed by atoms with E-state index in [2.05, 4.69) is 47.6 Å². The van der Waals surface area contributed by atoms with Crippen LogP contribution >= 0.6 is 0 Å². The maximum Gasteiger partial charge on any atom is 0.319 e. The third-order valence-electron chi connectivity index (χ3n) is 4.65. The van der Waals surface area contributed by atoms with E-state index in [0.717, 1.165) is 25.2 Å². The van der Waals surface area contributed by atoms with Gasteiger partial charge in [0.1, 0.15) is 0 Å². The number of ether oxygens (including phenoxy) is 1. The zero-order valence-corrected chi connectivity index (χ0v) is 16.3. The Kier molecular flexibility index (Phi) is 6.64. The molecule has 0 spiro atoms. The second kappa shape index (κ2) is 9.36. The number of hydrogen-bond donors (Lipinski definition) is 2. The van der Waals surface area contributed by atoms with Crippen LogP contribution in [0, 0.1) is 11.3 Å². The molecule has 2 N–H and O–H groups in total. The highest BCUT2D eigenvalue weighted by molar-refractivity contribution is 5.89. The number of amides is 2. The first-order valence-corrected chi connectivity index (χ1v) is 9.52. The SMILES string of the molecule is C[C@H]1CN(Cc2ccc(CNC(=O)Nc3ccc(C#N)cc3)cc2)C[C@H](C)O1. The number of benzene rings is 2. The average Bonchev–Trinajstić information content (AvgIpc) is 2.67. The molecule has 146 valence electrons. The molecular weight excluding hydrogens is 352 g/mol. The predicted octanol–water partition coefficient (Wildman–Crippen LogP) is 3.49. The zero-order valence-electron chi connectivity index (χ0n) is 16.3. The first-order valence-electron chi connectivity index (χ1n) is 9.52. The van der Waals surface area contributed by atoms with Crippen molar-refractivity contribution in [1.82, 2.24) is 10.2 Å². The summed E-state index contributed by atoms with van der Waals surface area (Å²) in [5.41, 5.74) is 3.52. The van der Waals surface area contributed by atoms with Gasteiger partial charge in [-0.1, -0.05) is 24.3 Å². The molecule has 0 aliphatic carbocycles. The fraction of sp³-hybridized carbons (Fsp3) is 0.364. The van der Waals surface area contributed by atoms with Gasteiger partial charge in [0.15, 0.2) is 0 Å². The van der Waals surface area contributed by atoms with Crippen LogP contribution in [-0.2, 0) is 17.8 Å². The smallest absolute Gasteiger partial charge is 0.319 e. The molecule has 28 heavy (non-hydrogen) atoms. The van der Waals surface area contributed by atoms with Gasteiger partial charge in [-0.15, -0.1) is 0 Å². The van der Waals surface area contributed by atoms with Gasteiger partial charge < -0.3 is 15.4 Å². The van der Waals surface area contributed by atoms with Crippen LogP contribution in [0.25, 0.3) is 0 Å². The summed E-state index contributed by atoms with van der Waals surface area (Å²) in [5.74, 6) is 0. The van der Waals surface area contributed by atoms with Crippen LogP contribution in [0.15, 0.2) is 48.5 Å². The summed E-state index contributed by atoms with van der Waals surface area (Å²) < 4.78 is 5.78. The Morgan fingerprint density at radius 1 is 1.07 bits per heavy atom. The van der Waals surface area contributed by atoms with Crippen LogP contribution in [-0.4, -0.2) is 36.2 Å². The number of carbonyl (C=O) groups excluding carboxylic acids is 1. The van der Waals surface area contributed by atoms with Crippen LogP contribution in [0.3, 0.4) is 0 Å². The number of urea groups is 1. The van der Waals surface area contributed by atoms with Gasteiger partial charge in [0.2, 0.25) is 0 Å². The van der Waals surface area contributed by atoms with E-state index in [4.69, 9.17) is 10.00 Å². The van der Waals surface area contributed by atoms with Crippen molar-refractivity contribution in [3.63, 3.8) is 0 Å². The average molecular weight is 378 g/mol. The number of carbonyl (C=O) groups is 1. The highest BCUT2D eigenvalue weighted by atomic mass is 16.5. The summed E-state index contributed by atoms with van der Waals surface area (Å²) in [6, 6.07) is 16.9. The number of rotatable bonds is 5. The minimum absolute atomic E-state index is 0.266. The molecule has 2 aromatic carbocycles. The maximum absolute atomic E-state index is 12.0. The lowest BCUT2D eigenvalue weighted by atomic mass is 10.1. The van der Waals surface area contributed by atoms with Crippen molar-refractivity contribution in [2.75, 3.05) is 18.4 Å². The van der Waals surface area contributed by atoms with Crippen LogP contribution in [0.2, 0.25) is 0 Å². The summed E-state index contributed by atoms with van der Waals surface area (Å²) in [7, 11) is 0. The summed E-state index contributed by atoms with van der Waals surface area (Å²) >= 11 is 0. The molecule has 6 nitrogen and oxygen atoms in total. The summed E-state index contributed by atoms with van der Waals surface area (Å²) in [5, 5.41) is 14.4. The first kappa shape index (κ1) is 19.9. The Morgan fingerprint density at radius 2 is 1.68 bits per heavy atom. The minimum atomic E-state index is -0.273. The number of nitrogens with zero attached hydrogens (tertiary/aromatic N) is 2. The Morgan fingerprint density at radius 3 is 2.29 bits per heavy atom. The lowest BCUT2D eigenvalue weighted by Crippen LogP contribution is -2.44. The van der Waals surface area contributed by atoms with Gasteiger partial charge in [-0.05, 0) is 49.2 Å². The Balaban J connectivity index is 1.46. The molecule has 2 aromatic rings. The summed E-state index contributed by atoms with van der Waals surface area (Å²) in [6.45, 7) is 7.48. The fourth-order valence-corrected chi connectivity index (χ4v) is 3.42. The molecule has 2 atom stereocenters. The molecule has 0 radical (unpaired) electrons. The number of hydrogen-bond acceptors (Lipinski definition) is 4. The number of anilines is 1. The van der Waals surface area contributed by atoms with E-state index in [0.29, 0.717) is 17.8 Å². The van der Waals surface area contributed by atoms with Crippen LogP contribution in [0.4, 0.5) is 10.5 Å². The monoisotopic (exact) mass is 378 g/mol. The number of nitriles is 1. The molecule has 0 aromatic heterocycles. The van der Waals surface area contributed by atoms with E-state index in [-0.39, 0.29) is 18.2 Å². The Bertz CT molecular complexity index is 817. The van der Waals surface area contributed by atoms with Gasteiger partial charge in [0.25, 0.3) is 0 Å². The quantitative estimate of drug-likeness (QED) is 0.835. The Hall–Kier alpha value is -2.88. The third kappa shape index (κ3) is 5.81. The molecule has 1 aliphatic rings. The molecule has 1 fully saturated rings. The molecule has 0 bridgehead atoms. The van der Waals surface area contributed by atoms with E-state index in [1.165, 1.54) is 5.56 Å². The second-order valence-electron chi connectivity index (χ2n) is 7.26. The molecule has 6 heteroatoms. The van der Waals surface area contributed by atoms with Crippen molar-refractivity contribution in [2.45, 2.75) is 39.1 Å². The van der Waals surface area contributed by atoms with Gasteiger partial charge >= 0.3 is 6.03 Å². The molecule has 0 unspecified atom stereocenters. The number of morpholine rings is 1. The topological polar surface area (TPSA) is 77.4 Å². The van der Waals surface area contributed by atoms with E-state index >= 15 is 0 Å². The fourth-order valence-electron chi connectivity index (χ4n) is 3.42. The first-order chi connectivity index (χ1) is 13.5.